The lowest BCUT2D eigenvalue weighted by Gasteiger charge is -2.13. The van der Waals surface area contributed by atoms with E-state index in [1.54, 1.807) is 6.07 Å². The molecule has 1 amide bonds. The van der Waals surface area contributed by atoms with Gasteiger partial charge in [-0.3, -0.25) is 9.59 Å². The van der Waals surface area contributed by atoms with Crippen LogP contribution in [0.25, 0.3) is 21.9 Å². The molecule has 0 atom stereocenters. The van der Waals surface area contributed by atoms with Crippen molar-refractivity contribution in [3.05, 3.63) is 99.1 Å². The Morgan fingerprint density at radius 1 is 0.750 bits per heavy atom. The molecule has 0 aliphatic heterocycles. The van der Waals surface area contributed by atoms with Crippen LogP contribution in [0.4, 0.5) is 5.69 Å². The third kappa shape index (κ3) is 2.56. The van der Waals surface area contributed by atoms with Crippen LogP contribution in [0.3, 0.4) is 0 Å². The van der Waals surface area contributed by atoms with Gasteiger partial charge in [-0.1, -0.05) is 66.7 Å². The lowest BCUT2D eigenvalue weighted by atomic mass is 10.00. The zero-order valence-electron chi connectivity index (χ0n) is 14.7. The van der Waals surface area contributed by atoms with Gasteiger partial charge in [-0.25, -0.2) is 0 Å². The second-order valence-corrected chi connectivity index (χ2v) is 7.86. The molecular weight excluding hydrogens is 461 g/mol. The molecular formula is C24H14INO2. The van der Waals surface area contributed by atoms with Crippen LogP contribution in [-0.4, -0.2) is 11.7 Å². The maximum atomic E-state index is 13.2. The summed E-state index contributed by atoms with van der Waals surface area (Å²) in [7, 11) is 0. The summed E-state index contributed by atoms with van der Waals surface area (Å²) in [6.07, 6.45) is 0. The Kier molecular flexibility index (Phi) is 4.02. The lowest BCUT2D eigenvalue weighted by molar-refractivity contribution is 0.0999. The van der Waals surface area contributed by atoms with Crippen molar-refractivity contribution in [1.82, 2.24) is 0 Å². The SMILES string of the molecule is O=C(Nc1c(I)ccc2ccccc12)c1cccc2c1C(=O)c1ccccc1-2. The van der Waals surface area contributed by atoms with Gasteiger partial charge in [0, 0.05) is 20.1 Å². The summed E-state index contributed by atoms with van der Waals surface area (Å²) in [5.41, 5.74) is 4.01. The molecule has 1 N–H and O–H groups in total. The number of hydrogen-bond acceptors (Lipinski definition) is 2. The standard InChI is InChI=1S/C24H14INO2/c25-20-13-12-14-6-1-2-7-15(14)22(20)26-24(28)19-11-5-10-17-16-8-3-4-9-18(16)23(27)21(17)19/h1-13H,(H,26,28). The molecule has 134 valence electrons. The minimum atomic E-state index is -0.271. The first-order valence-electron chi connectivity index (χ1n) is 8.91. The van der Waals surface area contributed by atoms with Crippen molar-refractivity contribution in [2.24, 2.45) is 0 Å². The number of carbonyl (C=O) groups excluding carboxylic acids is 2. The van der Waals surface area contributed by atoms with E-state index < -0.39 is 0 Å². The Bertz CT molecular complexity index is 1290. The van der Waals surface area contributed by atoms with Crippen molar-refractivity contribution >= 4 is 50.7 Å². The maximum absolute atomic E-state index is 13.2. The van der Waals surface area contributed by atoms with Gasteiger partial charge >= 0.3 is 0 Å². The molecule has 5 rings (SSSR count). The Hall–Kier alpha value is -2.99. The van der Waals surface area contributed by atoms with E-state index in [2.05, 4.69) is 27.9 Å². The third-order valence-electron chi connectivity index (χ3n) is 5.11. The molecule has 1 aliphatic carbocycles. The summed E-state index contributed by atoms with van der Waals surface area (Å²) in [5.74, 6) is -0.365. The van der Waals surface area contributed by atoms with Gasteiger partial charge in [-0.15, -0.1) is 0 Å². The fourth-order valence-electron chi connectivity index (χ4n) is 3.81. The molecule has 28 heavy (non-hydrogen) atoms. The second-order valence-electron chi connectivity index (χ2n) is 6.70. The molecule has 0 heterocycles. The number of anilines is 1. The van der Waals surface area contributed by atoms with Crippen LogP contribution in [-0.2, 0) is 0 Å². The van der Waals surface area contributed by atoms with E-state index in [1.165, 1.54) is 0 Å². The Morgan fingerprint density at radius 2 is 1.46 bits per heavy atom. The normalized spacial score (nSPS) is 12.0. The van der Waals surface area contributed by atoms with Crippen LogP contribution in [0.1, 0.15) is 26.3 Å². The first-order chi connectivity index (χ1) is 13.6. The Balaban J connectivity index is 1.61. The Labute approximate surface area is 175 Å². The summed E-state index contributed by atoms with van der Waals surface area (Å²) in [6, 6.07) is 24.9. The van der Waals surface area contributed by atoms with Gasteiger partial charge in [0.2, 0.25) is 0 Å². The lowest BCUT2D eigenvalue weighted by Crippen LogP contribution is -2.16. The number of halogens is 1. The molecule has 0 saturated heterocycles. The minimum Gasteiger partial charge on any atom is -0.320 e. The van der Waals surface area contributed by atoms with Crippen LogP contribution in [0.2, 0.25) is 0 Å². The number of rotatable bonds is 2. The molecule has 4 aromatic carbocycles. The van der Waals surface area contributed by atoms with E-state index >= 15 is 0 Å². The van der Waals surface area contributed by atoms with E-state index in [0.29, 0.717) is 16.7 Å². The van der Waals surface area contributed by atoms with Crippen molar-refractivity contribution in [2.75, 3.05) is 5.32 Å². The van der Waals surface area contributed by atoms with Crippen molar-refractivity contribution in [1.29, 1.82) is 0 Å². The minimum absolute atomic E-state index is 0.0935. The van der Waals surface area contributed by atoms with Crippen LogP contribution in [0.15, 0.2) is 78.9 Å². The number of benzene rings is 4. The summed E-state index contributed by atoms with van der Waals surface area (Å²) >= 11 is 2.22. The number of fused-ring (bicyclic) bond motifs is 4. The van der Waals surface area contributed by atoms with E-state index in [-0.39, 0.29) is 11.7 Å². The fraction of sp³-hybridized carbons (Fsp3) is 0. The van der Waals surface area contributed by atoms with Gasteiger partial charge in [0.1, 0.15) is 0 Å². The summed E-state index contributed by atoms with van der Waals surface area (Å²) in [5, 5.41) is 5.08. The quantitative estimate of drug-likeness (QED) is 0.323. The van der Waals surface area contributed by atoms with Gasteiger partial charge < -0.3 is 5.32 Å². The molecule has 1 aliphatic rings. The maximum Gasteiger partial charge on any atom is 0.256 e. The fourth-order valence-corrected chi connectivity index (χ4v) is 4.42. The highest BCUT2D eigenvalue weighted by Crippen LogP contribution is 2.38. The Morgan fingerprint density at radius 3 is 2.32 bits per heavy atom. The first-order valence-corrected chi connectivity index (χ1v) is 9.99. The van der Waals surface area contributed by atoms with Gasteiger partial charge in [0.05, 0.1) is 11.3 Å². The summed E-state index contributed by atoms with van der Waals surface area (Å²) in [6.45, 7) is 0. The largest absolute Gasteiger partial charge is 0.320 e. The number of hydrogen-bond donors (Lipinski definition) is 1. The van der Waals surface area contributed by atoms with E-state index in [0.717, 1.165) is 31.2 Å². The highest BCUT2D eigenvalue weighted by molar-refractivity contribution is 14.1. The molecule has 4 aromatic rings. The van der Waals surface area contributed by atoms with Crippen molar-refractivity contribution in [3.8, 4) is 11.1 Å². The number of nitrogens with one attached hydrogen (secondary N) is 1. The van der Waals surface area contributed by atoms with Crippen molar-refractivity contribution in [3.63, 3.8) is 0 Å². The molecule has 0 unspecified atom stereocenters. The number of amides is 1. The van der Waals surface area contributed by atoms with E-state index in [4.69, 9.17) is 0 Å². The summed E-state index contributed by atoms with van der Waals surface area (Å²) in [4.78, 5) is 26.2. The first kappa shape index (κ1) is 17.1. The average molecular weight is 475 g/mol. The molecule has 4 heteroatoms. The zero-order valence-corrected chi connectivity index (χ0v) is 16.9. The molecule has 0 bridgehead atoms. The highest BCUT2D eigenvalue weighted by atomic mass is 127. The number of carbonyl (C=O) groups is 2. The summed E-state index contributed by atoms with van der Waals surface area (Å²) < 4.78 is 0.951. The van der Waals surface area contributed by atoms with Crippen LogP contribution in [0, 0.1) is 3.57 Å². The molecule has 0 saturated carbocycles. The van der Waals surface area contributed by atoms with Crippen LogP contribution >= 0.6 is 22.6 Å². The van der Waals surface area contributed by atoms with Crippen LogP contribution in [0.5, 0.6) is 0 Å². The van der Waals surface area contributed by atoms with E-state index in [9.17, 15) is 9.59 Å². The van der Waals surface area contributed by atoms with Gasteiger partial charge in [-0.05, 0) is 51.2 Å². The van der Waals surface area contributed by atoms with Gasteiger partial charge in [-0.2, -0.15) is 0 Å². The van der Waals surface area contributed by atoms with Crippen molar-refractivity contribution in [2.45, 2.75) is 0 Å². The molecule has 0 fully saturated rings. The van der Waals surface area contributed by atoms with Gasteiger partial charge in [0.15, 0.2) is 5.78 Å². The molecule has 0 aromatic heterocycles. The van der Waals surface area contributed by atoms with Crippen molar-refractivity contribution < 1.29 is 9.59 Å². The topological polar surface area (TPSA) is 46.2 Å². The molecule has 0 radical (unpaired) electrons. The zero-order chi connectivity index (χ0) is 19.3. The number of ketones is 1. The van der Waals surface area contributed by atoms with E-state index in [1.807, 2.05) is 72.8 Å². The third-order valence-corrected chi connectivity index (χ3v) is 6.01. The second kappa shape index (κ2) is 6.56. The predicted octanol–water partition coefficient (Wildman–Crippen LogP) is 5.91. The molecule has 3 nitrogen and oxygen atoms in total. The monoisotopic (exact) mass is 475 g/mol. The predicted molar refractivity (Wildman–Crippen MR) is 120 cm³/mol. The van der Waals surface area contributed by atoms with Gasteiger partial charge in [0.25, 0.3) is 5.91 Å². The average Bonchev–Trinajstić information content (AvgIpc) is 3.03. The molecule has 0 spiro atoms. The van der Waals surface area contributed by atoms with Crippen LogP contribution < -0.4 is 5.32 Å². The highest BCUT2D eigenvalue weighted by Gasteiger charge is 2.30. The smallest absolute Gasteiger partial charge is 0.256 e.